The molecule has 0 unspecified atom stereocenters. The van der Waals surface area contributed by atoms with Crippen LogP contribution in [0.5, 0.6) is 0 Å². The van der Waals surface area contributed by atoms with E-state index in [4.69, 9.17) is 0 Å². The maximum atomic E-state index is 2.82. The van der Waals surface area contributed by atoms with E-state index in [1.165, 1.54) is 142 Å². The molecular weight excluding hydrogens is 912 g/mol. The fourth-order valence-corrected chi connectivity index (χ4v) is 15.8. The fourth-order valence-electron chi connectivity index (χ4n) is 14.5. The van der Waals surface area contributed by atoms with Crippen molar-refractivity contribution in [2.24, 2.45) is 0 Å². The Bertz CT molecular complexity index is 3490. The van der Waals surface area contributed by atoms with E-state index in [1.807, 2.05) is 0 Å². The van der Waals surface area contributed by atoms with Gasteiger partial charge >= 0.3 is 0 Å². The molecule has 5 aliphatic rings. The monoisotopic (exact) mass is 995 g/mol. The first-order valence-electron chi connectivity index (χ1n) is 28.3. The van der Waals surface area contributed by atoms with Gasteiger partial charge in [-0.25, -0.2) is 0 Å². The molecule has 382 valence electrons. The van der Waals surface area contributed by atoms with Gasteiger partial charge in [0, 0.05) is 43.2 Å². The van der Waals surface area contributed by atoms with Crippen LogP contribution in [-0.2, 0) is 43.3 Å². The van der Waals surface area contributed by atoms with Gasteiger partial charge in [-0.3, -0.25) is 0 Å². The largest absolute Gasteiger partial charge is 0.311 e. The molecule has 2 nitrogen and oxygen atoms in total. The summed E-state index contributed by atoms with van der Waals surface area (Å²) in [4.78, 5) is 5.61. The molecule has 0 saturated carbocycles. The highest BCUT2D eigenvalue weighted by Crippen LogP contribution is 2.58. The van der Waals surface area contributed by atoms with Crippen molar-refractivity contribution < 1.29 is 0 Å². The summed E-state index contributed by atoms with van der Waals surface area (Å²) in [5.74, 6) is 0. The zero-order valence-corrected chi connectivity index (χ0v) is 49.3. The van der Waals surface area contributed by atoms with Gasteiger partial charge in [0.05, 0.1) is 11.4 Å². The first-order valence-corrected chi connectivity index (χ1v) is 29.2. The van der Waals surface area contributed by atoms with Crippen LogP contribution in [0, 0.1) is 0 Å². The van der Waals surface area contributed by atoms with Crippen LogP contribution in [-0.4, -0.2) is 6.71 Å². The van der Waals surface area contributed by atoms with Crippen LogP contribution in [0.3, 0.4) is 0 Å². The van der Waals surface area contributed by atoms with Crippen molar-refractivity contribution in [1.82, 2.24) is 0 Å². The average molecular weight is 995 g/mol. The molecule has 0 amide bonds. The Hall–Kier alpha value is -5.06. The predicted molar refractivity (Wildman–Crippen MR) is 325 cm³/mol. The van der Waals surface area contributed by atoms with Gasteiger partial charge in [0.25, 0.3) is 6.71 Å². The maximum Gasteiger partial charge on any atom is 0.264 e. The van der Waals surface area contributed by atoms with Gasteiger partial charge in [-0.2, -0.15) is 0 Å². The summed E-state index contributed by atoms with van der Waals surface area (Å²) in [5.41, 5.74) is 25.4. The van der Waals surface area contributed by atoms with E-state index in [-0.39, 0.29) is 50.0 Å². The van der Waals surface area contributed by atoms with Crippen LogP contribution < -0.4 is 25.5 Å². The van der Waals surface area contributed by atoms with E-state index in [1.54, 1.807) is 5.56 Å². The van der Waals surface area contributed by atoms with E-state index < -0.39 is 0 Å². The molecule has 12 rings (SSSR count). The maximum absolute atomic E-state index is 2.82. The van der Waals surface area contributed by atoms with Gasteiger partial charge in [-0.05, 0) is 191 Å². The highest BCUT2D eigenvalue weighted by molar-refractivity contribution is 7.33. The van der Waals surface area contributed by atoms with E-state index >= 15 is 0 Å². The Morgan fingerprint density at radius 2 is 0.973 bits per heavy atom. The minimum Gasteiger partial charge on any atom is -0.311 e. The average Bonchev–Trinajstić information content (AvgIpc) is 3.77. The highest BCUT2D eigenvalue weighted by Gasteiger charge is 2.51. The lowest BCUT2D eigenvalue weighted by Crippen LogP contribution is -2.61. The Labute approximate surface area is 450 Å². The van der Waals surface area contributed by atoms with Crippen molar-refractivity contribution in [2.75, 3.05) is 9.80 Å². The second-order valence-electron chi connectivity index (χ2n) is 29.8. The van der Waals surface area contributed by atoms with Gasteiger partial charge in [0.15, 0.2) is 0 Å². The molecule has 0 saturated heterocycles. The predicted octanol–water partition coefficient (Wildman–Crippen LogP) is 18.3. The molecule has 3 aliphatic carbocycles. The van der Waals surface area contributed by atoms with Gasteiger partial charge < -0.3 is 9.80 Å². The second kappa shape index (κ2) is 15.8. The Morgan fingerprint density at radius 1 is 0.446 bits per heavy atom. The number of benzene rings is 6. The highest BCUT2D eigenvalue weighted by atomic mass is 32.1. The fraction of sp³-hybridized carbons (Fsp3) is 0.457. The van der Waals surface area contributed by atoms with Crippen LogP contribution in [0.4, 0.5) is 34.1 Å². The summed E-state index contributed by atoms with van der Waals surface area (Å²) in [7, 11) is 0. The molecule has 0 radical (unpaired) electrons. The van der Waals surface area contributed by atoms with Crippen molar-refractivity contribution >= 4 is 78.0 Å². The third-order valence-electron chi connectivity index (χ3n) is 19.7. The molecule has 1 aromatic heterocycles. The zero-order chi connectivity index (χ0) is 52.8. The van der Waals surface area contributed by atoms with Crippen LogP contribution in [0.15, 0.2) is 103 Å². The van der Waals surface area contributed by atoms with Crippen LogP contribution >= 0.6 is 11.3 Å². The number of rotatable bonds is 3. The Balaban J connectivity index is 1.27. The summed E-state index contributed by atoms with van der Waals surface area (Å²) in [6.07, 6.45) is 7.09. The smallest absolute Gasteiger partial charge is 0.264 e. The van der Waals surface area contributed by atoms with Crippen molar-refractivity contribution in [3.63, 3.8) is 0 Å². The SMILES string of the molecule is CC(C)(C)c1ccc(N2c3cc(C(C)(C)C)cc4c3B(c3ccc5c(c3N4c3ccc4c(c3)C(C)(C)CCC4(C)C)C(C)(C)CCC5(C)C)c3sc4cc5c(cc4c32)C(C)(C)CCC5(C)C)c(-c2ccccc2)c1. The quantitative estimate of drug-likeness (QED) is 0.163. The zero-order valence-electron chi connectivity index (χ0n) is 48.4. The van der Waals surface area contributed by atoms with E-state index in [2.05, 4.69) is 249 Å². The van der Waals surface area contributed by atoms with E-state index in [9.17, 15) is 0 Å². The molecule has 3 heterocycles. The minimum atomic E-state index is -0.137. The molecule has 74 heavy (non-hydrogen) atoms. The van der Waals surface area contributed by atoms with E-state index in [0.717, 1.165) is 6.42 Å². The lowest BCUT2D eigenvalue weighted by Gasteiger charge is -2.50. The molecule has 0 atom stereocenters. The lowest BCUT2D eigenvalue weighted by molar-refractivity contribution is 0.331. The van der Waals surface area contributed by atoms with Crippen LogP contribution in [0.25, 0.3) is 21.2 Å². The number of anilines is 6. The molecule has 0 spiro atoms. The van der Waals surface area contributed by atoms with Crippen molar-refractivity contribution in [3.8, 4) is 11.1 Å². The second-order valence-corrected chi connectivity index (χ2v) is 30.9. The van der Waals surface area contributed by atoms with Crippen molar-refractivity contribution in [3.05, 3.63) is 148 Å². The molecule has 4 heteroatoms. The van der Waals surface area contributed by atoms with Crippen LogP contribution in [0.2, 0.25) is 0 Å². The molecular formula is C70H83BN2S. The third-order valence-corrected chi connectivity index (χ3v) is 20.9. The number of thiophene rings is 1. The number of nitrogens with zero attached hydrogens (tertiary/aromatic N) is 2. The molecule has 6 aromatic carbocycles. The van der Waals surface area contributed by atoms with Gasteiger partial charge in [0.1, 0.15) is 0 Å². The topological polar surface area (TPSA) is 6.48 Å². The number of hydrogen-bond donors (Lipinski definition) is 0. The molecule has 0 N–H and O–H groups in total. The molecule has 7 aromatic rings. The lowest BCUT2D eigenvalue weighted by atomic mass is 9.35. The summed E-state index contributed by atoms with van der Waals surface area (Å²) in [6, 6.07) is 42.2. The minimum absolute atomic E-state index is 0.0254. The summed E-state index contributed by atoms with van der Waals surface area (Å²) in [5, 5.41) is 1.39. The van der Waals surface area contributed by atoms with E-state index in [0.29, 0.717) is 0 Å². The first kappa shape index (κ1) is 49.8. The van der Waals surface area contributed by atoms with Gasteiger partial charge in [0.2, 0.25) is 0 Å². The Kier molecular flexibility index (Phi) is 10.6. The normalized spacial score (nSPS) is 20.3. The summed E-state index contributed by atoms with van der Waals surface area (Å²) < 4.78 is 2.88. The van der Waals surface area contributed by atoms with Crippen molar-refractivity contribution in [1.29, 1.82) is 0 Å². The van der Waals surface area contributed by atoms with Gasteiger partial charge in [-0.1, -0.05) is 179 Å². The molecule has 2 aliphatic heterocycles. The van der Waals surface area contributed by atoms with Crippen LogP contribution in [0.1, 0.15) is 208 Å². The standard InChI is InChI=1S/C70H83BN2S/c1-63(2,3)43-24-29-54(46(36-43)42-22-20-19-21-23-42)73-56-38-44(64(4,5)6)37-55-59(56)71(62-60(73)47-40-51-52(41-57(47)74-62)69(15,16)33-32-68(51,13)14)53-28-27-49-58(70(17,18)35-34-66(49,9)10)61(53)72(55)45-25-26-48-50(39-45)67(11,12)31-30-65(48,7)8/h19-29,36-41H,30-35H2,1-18H3. The summed E-state index contributed by atoms with van der Waals surface area (Å²) >= 11 is 2.09. The Morgan fingerprint density at radius 3 is 1.58 bits per heavy atom. The molecule has 0 bridgehead atoms. The van der Waals surface area contributed by atoms with Crippen molar-refractivity contribution in [2.45, 2.75) is 206 Å². The third kappa shape index (κ3) is 7.36. The van der Waals surface area contributed by atoms with Gasteiger partial charge in [-0.15, -0.1) is 11.3 Å². The molecule has 0 fully saturated rings. The number of fused-ring (bicyclic) bond motifs is 10. The number of hydrogen-bond acceptors (Lipinski definition) is 3. The first-order chi connectivity index (χ1) is 34.4. The summed E-state index contributed by atoms with van der Waals surface area (Å²) in [6.45, 7) is 44.5.